The summed E-state index contributed by atoms with van der Waals surface area (Å²) in [6, 6.07) is 7.52. The molecule has 4 rings (SSSR count). The molecule has 2 bridgehead atoms. The second-order valence-electron chi connectivity index (χ2n) is 6.36. The van der Waals surface area contributed by atoms with Gasteiger partial charge in [-0.2, -0.15) is 0 Å². The van der Waals surface area contributed by atoms with Crippen molar-refractivity contribution in [3.8, 4) is 0 Å². The standard InChI is InChI=1S/C16H17NO4/c1-7-2-4-8(5-3-7)17-15(19)11-9-6-10-12(11)16(20)21-14(10)13(9)18/h2-5,9-14,18H,6H2,1H3,(H,17,19)/t9-,10-,11-,12+,13-,14+/m1/s1. The Morgan fingerprint density at radius 2 is 2.00 bits per heavy atom. The zero-order chi connectivity index (χ0) is 14.7. The first-order valence-corrected chi connectivity index (χ1v) is 7.32. The van der Waals surface area contributed by atoms with Gasteiger partial charge in [0, 0.05) is 17.5 Å². The lowest BCUT2D eigenvalue weighted by molar-refractivity contribution is -0.146. The van der Waals surface area contributed by atoms with E-state index >= 15 is 0 Å². The summed E-state index contributed by atoms with van der Waals surface area (Å²) in [4.78, 5) is 24.5. The second-order valence-corrected chi connectivity index (χ2v) is 6.36. The lowest BCUT2D eigenvalue weighted by Crippen LogP contribution is -2.42. The molecule has 2 N–H and O–H groups in total. The number of amides is 1. The Morgan fingerprint density at radius 3 is 2.71 bits per heavy atom. The highest BCUT2D eigenvalue weighted by Gasteiger charge is 2.68. The van der Waals surface area contributed by atoms with Crippen LogP contribution in [0.3, 0.4) is 0 Å². The summed E-state index contributed by atoms with van der Waals surface area (Å²) in [6.45, 7) is 1.98. The molecule has 0 radical (unpaired) electrons. The second kappa shape index (κ2) is 4.31. The van der Waals surface area contributed by atoms with Crippen LogP contribution in [0.4, 0.5) is 5.69 Å². The van der Waals surface area contributed by atoms with E-state index in [4.69, 9.17) is 4.74 Å². The lowest BCUT2D eigenvalue weighted by Gasteiger charge is -2.27. The Labute approximate surface area is 122 Å². The largest absolute Gasteiger partial charge is 0.459 e. The smallest absolute Gasteiger partial charge is 0.310 e. The maximum atomic E-state index is 12.5. The van der Waals surface area contributed by atoms with Gasteiger partial charge in [0.05, 0.1) is 17.9 Å². The van der Waals surface area contributed by atoms with E-state index in [9.17, 15) is 14.7 Å². The topological polar surface area (TPSA) is 75.6 Å². The molecule has 5 nitrogen and oxygen atoms in total. The summed E-state index contributed by atoms with van der Waals surface area (Å²) < 4.78 is 5.23. The van der Waals surface area contributed by atoms with Crippen LogP contribution >= 0.6 is 0 Å². The van der Waals surface area contributed by atoms with Crippen molar-refractivity contribution >= 4 is 17.6 Å². The van der Waals surface area contributed by atoms with Crippen molar-refractivity contribution in [2.24, 2.45) is 23.7 Å². The van der Waals surface area contributed by atoms with E-state index in [2.05, 4.69) is 5.32 Å². The molecule has 3 aliphatic rings. The van der Waals surface area contributed by atoms with Gasteiger partial charge in [-0.1, -0.05) is 17.7 Å². The maximum Gasteiger partial charge on any atom is 0.310 e. The Balaban J connectivity index is 1.57. The summed E-state index contributed by atoms with van der Waals surface area (Å²) >= 11 is 0. The molecule has 1 amide bonds. The number of hydrogen-bond acceptors (Lipinski definition) is 4. The predicted octanol–water partition coefficient (Wildman–Crippen LogP) is 1.10. The van der Waals surface area contributed by atoms with E-state index < -0.39 is 18.1 Å². The van der Waals surface area contributed by atoms with Crippen LogP contribution in [0.15, 0.2) is 24.3 Å². The van der Waals surface area contributed by atoms with Crippen molar-refractivity contribution in [2.75, 3.05) is 5.32 Å². The van der Waals surface area contributed by atoms with E-state index in [1.165, 1.54) is 0 Å². The summed E-state index contributed by atoms with van der Waals surface area (Å²) in [6.07, 6.45) is -0.392. The van der Waals surface area contributed by atoms with Crippen LogP contribution in [0.5, 0.6) is 0 Å². The number of aryl methyl sites for hydroxylation is 1. The number of esters is 1. The monoisotopic (exact) mass is 287 g/mol. The SMILES string of the molecule is Cc1ccc(NC(=O)[C@@H]2[C@H]3C[C@H]4[C@H](OC(=O)[C@@H]42)[C@@H]3O)cc1. The van der Waals surface area contributed by atoms with Gasteiger partial charge in [-0.15, -0.1) is 0 Å². The molecule has 1 aromatic rings. The van der Waals surface area contributed by atoms with Gasteiger partial charge in [-0.05, 0) is 25.5 Å². The number of carbonyl (C=O) groups is 2. The molecule has 110 valence electrons. The van der Waals surface area contributed by atoms with Crippen LogP contribution in [0, 0.1) is 30.6 Å². The van der Waals surface area contributed by atoms with Gasteiger partial charge >= 0.3 is 5.97 Å². The van der Waals surface area contributed by atoms with Crippen molar-refractivity contribution in [1.82, 2.24) is 0 Å². The van der Waals surface area contributed by atoms with Crippen LogP contribution in [0.25, 0.3) is 0 Å². The number of anilines is 1. The molecule has 0 unspecified atom stereocenters. The Bertz CT molecular complexity index is 611. The molecule has 1 aliphatic heterocycles. The predicted molar refractivity (Wildman–Crippen MR) is 74.3 cm³/mol. The molecule has 1 heterocycles. The molecule has 0 spiro atoms. The molecule has 6 atom stereocenters. The average Bonchev–Trinajstić information content (AvgIpc) is 3.05. The van der Waals surface area contributed by atoms with Gasteiger partial charge in [0.1, 0.15) is 6.10 Å². The van der Waals surface area contributed by atoms with Gasteiger partial charge in [-0.25, -0.2) is 0 Å². The molecule has 1 aromatic carbocycles. The minimum Gasteiger partial charge on any atom is -0.459 e. The first kappa shape index (κ1) is 12.8. The van der Waals surface area contributed by atoms with Crippen molar-refractivity contribution in [3.63, 3.8) is 0 Å². The fourth-order valence-corrected chi connectivity index (χ4v) is 4.24. The van der Waals surface area contributed by atoms with Crippen molar-refractivity contribution in [2.45, 2.75) is 25.6 Å². The van der Waals surface area contributed by atoms with Crippen molar-refractivity contribution < 1.29 is 19.4 Å². The number of carbonyl (C=O) groups excluding carboxylic acids is 2. The number of ether oxygens (including phenoxy) is 1. The van der Waals surface area contributed by atoms with E-state index in [0.29, 0.717) is 12.1 Å². The Morgan fingerprint density at radius 1 is 1.29 bits per heavy atom. The third-order valence-electron chi connectivity index (χ3n) is 5.20. The number of aliphatic hydroxyl groups excluding tert-OH is 1. The molecule has 5 heteroatoms. The highest BCUT2D eigenvalue weighted by atomic mass is 16.6. The van der Waals surface area contributed by atoms with E-state index in [0.717, 1.165) is 5.56 Å². The van der Waals surface area contributed by atoms with Crippen LogP contribution < -0.4 is 5.32 Å². The van der Waals surface area contributed by atoms with E-state index in [1.807, 2.05) is 31.2 Å². The summed E-state index contributed by atoms with van der Waals surface area (Å²) in [7, 11) is 0. The first-order valence-electron chi connectivity index (χ1n) is 7.32. The summed E-state index contributed by atoms with van der Waals surface area (Å²) in [5.41, 5.74) is 1.83. The van der Waals surface area contributed by atoms with Gasteiger partial charge in [0.25, 0.3) is 0 Å². The fraction of sp³-hybridized carbons (Fsp3) is 0.500. The number of nitrogens with one attached hydrogen (secondary N) is 1. The lowest BCUT2D eigenvalue weighted by atomic mass is 9.78. The normalized spacial score (nSPS) is 39.4. The number of benzene rings is 1. The summed E-state index contributed by atoms with van der Waals surface area (Å²) in [5, 5.41) is 13.1. The van der Waals surface area contributed by atoms with Crippen molar-refractivity contribution in [3.05, 3.63) is 29.8 Å². The zero-order valence-corrected chi connectivity index (χ0v) is 11.7. The average molecular weight is 287 g/mol. The summed E-state index contributed by atoms with van der Waals surface area (Å²) in [5.74, 6) is -1.53. The number of hydrogen-bond donors (Lipinski definition) is 2. The third-order valence-corrected chi connectivity index (χ3v) is 5.20. The van der Waals surface area contributed by atoms with Crippen LogP contribution in [0.2, 0.25) is 0 Å². The minimum absolute atomic E-state index is 0.00580. The molecule has 2 aliphatic carbocycles. The molecule has 21 heavy (non-hydrogen) atoms. The van der Waals surface area contributed by atoms with Crippen LogP contribution in [-0.4, -0.2) is 29.2 Å². The molecule has 0 aromatic heterocycles. The van der Waals surface area contributed by atoms with E-state index in [1.54, 1.807) is 0 Å². The maximum absolute atomic E-state index is 12.5. The van der Waals surface area contributed by atoms with Crippen molar-refractivity contribution in [1.29, 1.82) is 0 Å². The molecular weight excluding hydrogens is 270 g/mol. The van der Waals surface area contributed by atoms with Gasteiger partial charge < -0.3 is 15.2 Å². The fourth-order valence-electron chi connectivity index (χ4n) is 4.24. The highest BCUT2D eigenvalue weighted by molar-refractivity contribution is 5.97. The molecular formula is C16H17NO4. The van der Waals surface area contributed by atoms with E-state index in [-0.39, 0.29) is 29.6 Å². The molecule has 3 fully saturated rings. The number of aliphatic hydroxyl groups is 1. The molecule has 2 saturated carbocycles. The third kappa shape index (κ3) is 1.73. The number of fused-ring (bicyclic) bond motifs is 1. The van der Waals surface area contributed by atoms with Crippen LogP contribution in [-0.2, 0) is 14.3 Å². The van der Waals surface area contributed by atoms with Crippen LogP contribution in [0.1, 0.15) is 12.0 Å². The Hall–Kier alpha value is -1.88. The minimum atomic E-state index is -0.702. The number of rotatable bonds is 2. The quantitative estimate of drug-likeness (QED) is 0.799. The highest BCUT2D eigenvalue weighted by Crippen LogP contribution is 2.57. The Kier molecular flexibility index (Phi) is 2.63. The zero-order valence-electron chi connectivity index (χ0n) is 11.7. The molecule has 1 saturated heterocycles. The van der Waals surface area contributed by atoms with Gasteiger partial charge in [0.15, 0.2) is 0 Å². The van der Waals surface area contributed by atoms with Gasteiger partial charge in [0.2, 0.25) is 5.91 Å². The first-order chi connectivity index (χ1) is 10.1. The van der Waals surface area contributed by atoms with Gasteiger partial charge in [-0.3, -0.25) is 9.59 Å².